The fourth-order valence-corrected chi connectivity index (χ4v) is 4.03. The summed E-state index contributed by atoms with van der Waals surface area (Å²) in [6.07, 6.45) is 6.03. The second-order valence-electron chi connectivity index (χ2n) is 7.04. The van der Waals surface area contributed by atoms with Gasteiger partial charge in [0.15, 0.2) is 0 Å². The van der Waals surface area contributed by atoms with Crippen LogP contribution in [0.3, 0.4) is 0 Å². The number of hydrogen-bond acceptors (Lipinski definition) is 3. The zero-order valence-electron chi connectivity index (χ0n) is 14.3. The summed E-state index contributed by atoms with van der Waals surface area (Å²) in [4.78, 5) is 15.3. The van der Waals surface area contributed by atoms with Crippen molar-refractivity contribution in [2.75, 3.05) is 24.5 Å². The maximum atomic E-state index is 13.3. The van der Waals surface area contributed by atoms with Crippen LogP contribution < -0.4 is 10.2 Å². The molecule has 1 amide bonds. The highest BCUT2D eigenvalue weighted by atomic mass is 16.2. The molecule has 0 spiro atoms. The van der Waals surface area contributed by atoms with Crippen molar-refractivity contribution in [3.05, 3.63) is 47.3 Å². The molecular weight excluding hydrogens is 300 g/mol. The summed E-state index contributed by atoms with van der Waals surface area (Å²) in [5.41, 5.74) is 4.77. The molecule has 1 N–H and O–H groups in total. The smallest absolute Gasteiger partial charge is 0.232 e. The van der Waals surface area contributed by atoms with E-state index in [0.717, 1.165) is 43.7 Å². The standard InChI is InChI=1S/C19H24N4O/c1-13-5-6-14-4-3-7-23(18(14)8-13)19(24)17-11-20-10-16(17)15-9-21-22(2)12-15/h5-6,8-9,12,16-17,20H,3-4,7,10-11H2,1-2H3/t16-,17+/m1/s1. The maximum Gasteiger partial charge on any atom is 0.232 e. The highest BCUT2D eigenvalue weighted by Gasteiger charge is 2.38. The molecule has 1 aromatic heterocycles. The van der Waals surface area contributed by atoms with Gasteiger partial charge in [0, 0.05) is 44.5 Å². The minimum atomic E-state index is -0.0133. The number of amides is 1. The van der Waals surface area contributed by atoms with E-state index in [2.05, 4.69) is 35.5 Å². The number of nitrogens with zero attached hydrogens (tertiary/aromatic N) is 3. The summed E-state index contributed by atoms with van der Waals surface area (Å²) in [6, 6.07) is 6.48. The number of anilines is 1. The van der Waals surface area contributed by atoms with E-state index < -0.39 is 0 Å². The zero-order chi connectivity index (χ0) is 16.7. The van der Waals surface area contributed by atoms with Crippen LogP contribution in [0.15, 0.2) is 30.6 Å². The van der Waals surface area contributed by atoms with Crippen LogP contribution in [0.5, 0.6) is 0 Å². The van der Waals surface area contributed by atoms with Crippen LogP contribution >= 0.6 is 0 Å². The zero-order valence-corrected chi connectivity index (χ0v) is 14.3. The van der Waals surface area contributed by atoms with E-state index in [4.69, 9.17) is 0 Å². The molecule has 5 nitrogen and oxygen atoms in total. The Balaban J connectivity index is 1.63. The van der Waals surface area contributed by atoms with E-state index in [0.29, 0.717) is 0 Å². The maximum absolute atomic E-state index is 13.3. The number of fused-ring (bicyclic) bond motifs is 1. The molecule has 24 heavy (non-hydrogen) atoms. The third-order valence-electron chi connectivity index (χ3n) is 5.31. The molecule has 2 aliphatic heterocycles. The van der Waals surface area contributed by atoms with Gasteiger partial charge in [0.1, 0.15) is 0 Å². The van der Waals surface area contributed by atoms with Crippen LogP contribution in [0.2, 0.25) is 0 Å². The van der Waals surface area contributed by atoms with Gasteiger partial charge in [-0.05, 0) is 42.5 Å². The Labute approximate surface area is 142 Å². The fraction of sp³-hybridized carbons (Fsp3) is 0.474. The summed E-state index contributed by atoms with van der Waals surface area (Å²) < 4.78 is 1.81. The molecule has 1 aromatic carbocycles. The van der Waals surface area contributed by atoms with E-state index in [1.165, 1.54) is 11.1 Å². The molecule has 0 bridgehead atoms. The van der Waals surface area contributed by atoms with Crippen LogP contribution in [0, 0.1) is 12.8 Å². The highest BCUT2D eigenvalue weighted by molar-refractivity contribution is 5.97. The normalized spacial score (nSPS) is 23.3. The first-order valence-corrected chi connectivity index (χ1v) is 8.73. The van der Waals surface area contributed by atoms with Crippen molar-refractivity contribution in [3.63, 3.8) is 0 Å². The first kappa shape index (κ1) is 15.4. The van der Waals surface area contributed by atoms with E-state index in [9.17, 15) is 4.79 Å². The molecule has 4 rings (SSSR count). The van der Waals surface area contributed by atoms with Gasteiger partial charge in [-0.3, -0.25) is 9.48 Å². The number of aromatic nitrogens is 2. The summed E-state index contributed by atoms with van der Waals surface area (Å²) in [7, 11) is 1.92. The first-order chi connectivity index (χ1) is 11.6. The Morgan fingerprint density at radius 2 is 2.21 bits per heavy atom. The number of aryl methyl sites for hydroxylation is 3. The van der Waals surface area contributed by atoms with Gasteiger partial charge in [0.05, 0.1) is 12.1 Å². The molecule has 2 aliphatic rings. The van der Waals surface area contributed by atoms with Gasteiger partial charge >= 0.3 is 0 Å². The molecule has 5 heteroatoms. The van der Waals surface area contributed by atoms with Crippen molar-refractivity contribution in [2.45, 2.75) is 25.7 Å². The fourth-order valence-electron chi connectivity index (χ4n) is 4.03. The van der Waals surface area contributed by atoms with E-state index in [-0.39, 0.29) is 17.7 Å². The third-order valence-corrected chi connectivity index (χ3v) is 5.31. The average Bonchev–Trinajstić information content (AvgIpc) is 3.22. The van der Waals surface area contributed by atoms with E-state index in [1.54, 1.807) is 0 Å². The van der Waals surface area contributed by atoms with Gasteiger partial charge in [-0.15, -0.1) is 0 Å². The largest absolute Gasteiger partial charge is 0.315 e. The Bertz CT molecular complexity index is 766. The van der Waals surface area contributed by atoms with Crippen LogP contribution in [-0.4, -0.2) is 35.3 Å². The lowest BCUT2D eigenvalue weighted by Gasteiger charge is -2.33. The molecule has 0 unspecified atom stereocenters. The topological polar surface area (TPSA) is 50.2 Å². The average molecular weight is 324 g/mol. The molecule has 0 saturated carbocycles. The number of carbonyl (C=O) groups is 1. The lowest BCUT2D eigenvalue weighted by molar-refractivity contribution is -0.122. The summed E-state index contributed by atoms with van der Waals surface area (Å²) in [5.74, 6) is 0.447. The summed E-state index contributed by atoms with van der Waals surface area (Å²) in [6.45, 7) is 4.51. The summed E-state index contributed by atoms with van der Waals surface area (Å²) >= 11 is 0. The molecule has 2 atom stereocenters. The highest BCUT2D eigenvalue weighted by Crippen LogP contribution is 2.34. The number of hydrogen-bond donors (Lipinski definition) is 1. The third kappa shape index (κ3) is 2.63. The van der Waals surface area contributed by atoms with Crippen molar-refractivity contribution >= 4 is 11.6 Å². The van der Waals surface area contributed by atoms with E-state index >= 15 is 0 Å². The van der Waals surface area contributed by atoms with Gasteiger partial charge < -0.3 is 10.2 Å². The Morgan fingerprint density at radius 1 is 1.33 bits per heavy atom. The molecule has 2 aromatic rings. The van der Waals surface area contributed by atoms with Crippen LogP contribution in [0.25, 0.3) is 0 Å². The quantitative estimate of drug-likeness (QED) is 0.919. The number of rotatable bonds is 2. The van der Waals surface area contributed by atoms with Crippen molar-refractivity contribution in [1.29, 1.82) is 0 Å². The molecule has 0 radical (unpaired) electrons. The second-order valence-corrected chi connectivity index (χ2v) is 7.04. The number of nitrogens with one attached hydrogen (secondary N) is 1. The SMILES string of the molecule is Cc1ccc2c(c1)N(C(=O)[C@H]1CNC[C@@H]1c1cnn(C)c1)CCC2. The van der Waals surface area contributed by atoms with Crippen LogP contribution in [0.4, 0.5) is 5.69 Å². The predicted molar refractivity (Wildman–Crippen MR) is 94.2 cm³/mol. The Morgan fingerprint density at radius 3 is 3.00 bits per heavy atom. The minimum absolute atomic E-state index is 0.0133. The summed E-state index contributed by atoms with van der Waals surface area (Å²) in [5, 5.41) is 7.68. The van der Waals surface area contributed by atoms with Gasteiger partial charge in [-0.2, -0.15) is 5.10 Å². The molecule has 126 valence electrons. The van der Waals surface area contributed by atoms with Crippen molar-refractivity contribution in [3.8, 4) is 0 Å². The molecular formula is C19H24N4O. The lowest BCUT2D eigenvalue weighted by atomic mass is 9.88. The number of carbonyl (C=O) groups excluding carboxylic acids is 1. The first-order valence-electron chi connectivity index (χ1n) is 8.73. The predicted octanol–water partition coefficient (Wildman–Crippen LogP) is 2.01. The molecule has 1 saturated heterocycles. The second kappa shape index (κ2) is 6.06. The van der Waals surface area contributed by atoms with Gasteiger partial charge in [-0.1, -0.05) is 12.1 Å². The monoisotopic (exact) mass is 324 g/mol. The molecule has 1 fully saturated rings. The van der Waals surface area contributed by atoms with E-state index in [1.807, 2.05) is 29.0 Å². The number of benzene rings is 1. The lowest BCUT2D eigenvalue weighted by Crippen LogP contribution is -2.41. The van der Waals surface area contributed by atoms with Crippen LogP contribution in [-0.2, 0) is 18.3 Å². The Kier molecular flexibility index (Phi) is 3.88. The Hall–Kier alpha value is -2.14. The van der Waals surface area contributed by atoms with Crippen molar-refractivity contribution in [2.24, 2.45) is 13.0 Å². The minimum Gasteiger partial charge on any atom is -0.315 e. The van der Waals surface area contributed by atoms with Gasteiger partial charge in [-0.25, -0.2) is 0 Å². The molecule has 3 heterocycles. The van der Waals surface area contributed by atoms with Crippen molar-refractivity contribution in [1.82, 2.24) is 15.1 Å². The molecule has 0 aliphatic carbocycles. The van der Waals surface area contributed by atoms with Gasteiger partial charge in [0.25, 0.3) is 0 Å². The van der Waals surface area contributed by atoms with Crippen molar-refractivity contribution < 1.29 is 4.79 Å². The van der Waals surface area contributed by atoms with Crippen LogP contribution in [0.1, 0.15) is 29.0 Å². The van der Waals surface area contributed by atoms with Gasteiger partial charge in [0.2, 0.25) is 5.91 Å².